The van der Waals surface area contributed by atoms with Gasteiger partial charge in [0.2, 0.25) is 11.0 Å². The fourth-order valence-electron chi connectivity index (χ4n) is 1.46. The first kappa shape index (κ1) is 15.9. The van der Waals surface area contributed by atoms with Crippen LogP contribution in [0.15, 0.2) is 18.6 Å². The molecule has 0 aromatic carbocycles. The molecule has 0 unspecified atom stereocenters. The highest BCUT2D eigenvalue weighted by atomic mass is 32.1. The Hall–Kier alpha value is -2.46. The van der Waals surface area contributed by atoms with Gasteiger partial charge in [0.05, 0.1) is 6.20 Å². The average Bonchev–Trinajstić information content (AvgIpc) is 2.95. The minimum Gasteiger partial charge on any atom is -0.377 e. The topological polar surface area (TPSA) is 119 Å². The van der Waals surface area contributed by atoms with Gasteiger partial charge in [-0.25, -0.2) is 4.98 Å². The fraction of sp³-hybridized carbons (Fsp3) is 0.333. The molecule has 2 heterocycles. The number of hydrogen-bond acceptors (Lipinski definition) is 8. The Morgan fingerprint density at radius 2 is 2.18 bits per heavy atom. The standard InChI is InChI=1S/C12H14N6O3S/c1-21-7-10-17-18-12(22-10)16-9(19)2-3-15-11(20)8-6-13-4-5-14-8/h4-6H,2-3,7H2,1H3,(H,15,20)(H,16,18,19). The van der Waals surface area contributed by atoms with E-state index < -0.39 is 0 Å². The van der Waals surface area contributed by atoms with E-state index in [9.17, 15) is 9.59 Å². The van der Waals surface area contributed by atoms with Gasteiger partial charge in [-0.15, -0.1) is 10.2 Å². The lowest BCUT2D eigenvalue weighted by Gasteiger charge is -2.04. The molecule has 2 rings (SSSR count). The number of rotatable bonds is 7. The number of nitrogens with one attached hydrogen (secondary N) is 2. The number of carbonyl (C=O) groups excluding carboxylic acids is 2. The maximum absolute atomic E-state index is 11.7. The van der Waals surface area contributed by atoms with Gasteiger partial charge in [-0.1, -0.05) is 11.3 Å². The quantitative estimate of drug-likeness (QED) is 0.749. The molecule has 0 saturated carbocycles. The van der Waals surface area contributed by atoms with Crippen molar-refractivity contribution in [2.75, 3.05) is 19.0 Å². The maximum atomic E-state index is 11.7. The van der Waals surface area contributed by atoms with Crippen LogP contribution < -0.4 is 10.6 Å². The molecule has 22 heavy (non-hydrogen) atoms. The molecule has 0 fully saturated rings. The number of methoxy groups -OCH3 is 1. The third-order valence-corrected chi connectivity index (χ3v) is 3.23. The van der Waals surface area contributed by atoms with Crippen molar-refractivity contribution in [3.8, 4) is 0 Å². The smallest absolute Gasteiger partial charge is 0.271 e. The zero-order chi connectivity index (χ0) is 15.8. The summed E-state index contributed by atoms with van der Waals surface area (Å²) in [5.41, 5.74) is 0.205. The van der Waals surface area contributed by atoms with Crippen molar-refractivity contribution >= 4 is 28.3 Å². The molecule has 9 nitrogen and oxygen atoms in total. The summed E-state index contributed by atoms with van der Waals surface area (Å²) in [6.45, 7) is 0.534. The number of anilines is 1. The lowest BCUT2D eigenvalue weighted by atomic mass is 10.3. The summed E-state index contributed by atoms with van der Waals surface area (Å²) in [6.07, 6.45) is 4.37. The zero-order valence-electron chi connectivity index (χ0n) is 11.8. The van der Waals surface area contributed by atoms with Gasteiger partial charge in [-0.2, -0.15) is 0 Å². The minimum atomic E-state index is -0.376. The van der Waals surface area contributed by atoms with Crippen molar-refractivity contribution in [1.29, 1.82) is 0 Å². The lowest BCUT2D eigenvalue weighted by Crippen LogP contribution is -2.28. The SMILES string of the molecule is COCc1nnc(NC(=O)CCNC(=O)c2cnccn2)s1. The Labute approximate surface area is 130 Å². The molecule has 116 valence electrons. The van der Waals surface area contributed by atoms with Crippen molar-refractivity contribution in [3.63, 3.8) is 0 Å². The second-order valence-corrected chi connectivity index (χ2v) is 5.14. The van der Waals surface area contributed by atoms with E-state index in [2.05, 4.69) is 30.8 Å². The molecule has 0 aliphatic rings. The first-order chi connectivity index (χ1) is 10.7. The number of ether oxygens (including phenoxy) is 1. The highest BCUT2D eigenvalue weighted by Crippen LogP contribution is 2.15. The molecule has 0 atom stereocenters. The molecule has 2 amide bonds. The summed E-state index contributed by atoms with van der Waals surface area (Å²) in [5, 5.41) is 13.9. The van der Waals surface area contributed by atoms with Crippen LogP contribution in [0.5, 0.6) is 0 Å². The molecule has 2 aromatic rings. The van der Waals surface area contributed by atoms with Crippen LogP contribution in [0.3, 0.4) is 0 Å². The van der Waals surface area contributed by atoms with Crippen LogP contribution in [0.4, 0.5) is 5.13 Å². The predicted octanol–water partition coefficient (Wildman–Crippen LogP) is 0.233. The molecule has 0 radical (unpaired) electrons. The highest BCUT2D eigenvalue weighted by molar-refractivity contribution is 7.15. The third-order valence-electron chi connectivity index (χ3n) is 2.41. The molecule has 0 spiro atoms. The van der Waals surface area contributed by atoms with E-state index in [1.807, 2.05) is 0 Å². The van der Waals surface area contributed by atoms with Gasteiger partial charge < -0.3 is 15.4 Å². The van der Waals surface area contributed by atoms with Crippen molar-refractivity contribution in [3.05, 3.63) is 29.3 Å². The first-order valence-electron chi connectivity index (χ1n) is 6.34. The predicted molar refractivity (Wildman–Crippen MR) is 78.2 cm³/mol. The Morgan fingerprint density at radius 3 is 2.91 bits per heavy atom. The van der Waals surface area contributed by atoms with Crippen LogP contribution in [0.2, 0.25) is 0 Å². The number of nitrogens with zero attached hydrogens (tertiary/aromatic N) is 4. The van der Waals surface area contributed by atoms with E-state index in [1.165, 1.54) is 29.9 Å². The van der Waals surface area contributed by atoms with Gasteiger partial charge >= 0.3 is 0 Å². The Bertz CT molecular complexity index is 633. The van der Waals surface area contributed by atoms with Crippen LogP contribution in [-0.2, 0) is 16.1 Å². The van der Waals surface area contributed by atoms with Crippen molar-refractivity contribution in [1.82, 2.24) is 25.5 Å². The van der Waals surface area contributed by atoms with Gasteiger partial charge in [-0.05, 0) is 0 Å². The number of aromatic nitrogens is 4. The monoisotopic (exact) mass is 322 g/mol. The van der Waals surface area contributed by atoms with Gasteiger partial charge in [-0.3, -0.25) is 14.6 Å². The molecule has 0 aliphatic heterocycles. The molecule has 2 aromatic heterocycles. The van der Waals surface area contributed by atoms with Gasteiger partial charge in [0, 0.05) is 32.5 Å². The summed E-state index contributed by atoms with van der Waals surface area (Å²) in [6, 6.07) is 0. The van der Waals surface area contributed by atoms with Gasteiger partial charge in [0.1, 0.15) is 17.3 Å². The fourth-order valence-corrected chi connectivity index (χ4v) is 2.19. The van der Waals surface area contributed by atoms with Gasteiger partial charge in [0.15, 0.2) is 0 Å². The third kappa shape index (κ3) is 4.82. The van der Waals surface area contributed by atoms with E-state index in [1.54, 1.807) is 7.11 Å². The molecule has 10 heteroatoms. The molecule has 0 aliphatic carbocycles. The second kappa shape index (κ2) is 8.10. The second-order valence-electron chi connectivity index (χ2n) is 4.08. The summed E-state index contributed by atoms with van der Waals surface area (Å²) < 4.78 is 4.92. The first-order valence-corrected chi connectivity index (χ1v) is 7.16. The zero-order valence-corrected chi connectivity index (χ0v) is 12.6. The number of hydrogen-bond donors (Lipinski definition) is 2. The summed E-state index contributed by atoms with van der Waals surface area (Å²) in [7, 11) is 1.56. The molecule has 0 bridgehead atoms. The van der Waals surface area contributed by atoms with E-state index in [0.29, 0.717) is 16.7 Å². The van der Waals surface area contributed by atoms with Crippen LogP contribution in [0.25, 0.3) is 0 Å². The summed E-state index contributed by atoms with van der Waals surface area (Å²) >= 11 is 1.24. The Kier molecular flexibility index (Phi) is 5.86. The molecule has 2 N–H and O–H groups in total. The van der Waals surface area contributed by atoms with E-state index >= 15 is 0 Å². The molecular formula is C12H14N6O3S. The van der Waals surface area contributed by atoms with Crippen LogP contribution in [-0.4, -0.2) is 45.6 Å². The van der Waals surface area contributed by atoms with E-state index in [-0.39, 0.29) is 30.5 Å². The normalized spacial score (nSPS) is 10.2. The minimum absolute atomic E-state index is 0.116. The van der Waals surface area contributed by atoms with Gasteiger partial charge in [0.25, 0.3) is 5.91 Å². The van der Waals surface area contributed by atoms with Crippen molar-refractivity contribution < 1.29 is 14.3 Å². The van der Waals surface area contributed by atoms with Crippen LogP contribution in [0.1, 0.15) is 21.9 Å². The number of carbonyl (C=O) groups is 2. The van der Waals surface area contributed by atoms with Crippen LogP contribution in [0, 0.1) is 0 Å². The maximum Gasteiger partial charge on any atom is 0.271 e. The average molecular weight is 322 g/mol. The van der Waals surface area contributed by atoms with Crippen molar-refractivity contribution in [2.45, 2.75) is 13.0 Å². The highest BCUT2D eigenvalue weighted by Gasteiger charge is 2.10. The Balaban J connectivity index is 1.72. The molecule has 0 saturated heterocycles. The van der Waals surface area contributed by atoms with E-state index in [0.717, 1.165) is 0 Å². The Morgan fingerprint density at radius 1 is 1.32 bits per heavy atom. The van der Waals surface area contributed by atoms with Crippen molar-refractivity contribution in [2.24, 2.45) is 0 Å². The summed E-state index contributed by atoms with van der Waals surface area (Å²) in [4.78, 5) is 31.1. The van der Waals surface area contributed by atoms with Crippen LogP contribution >= 0.6 is 11.3 Å². The largest absolute Gasteiger partial charge is 0.377 e. The van der Waals surface area contributed by atoms with E-state index in [4.69, 9.17) is 4.74 Å². The lowest BCUT2D eigenvalue weighted by molar-refractivity contribution is -0.116. The summed E-state index contributed by atoms with van der Waals surface area (Å²) in [5.74, 6) is -0.640. The molecular weight excluding hydrogens is 308 g/mol. The number of amides is 2.